The Hall–Kier alpha value is -2.10. The van der Waals surface area contributed by atoms with Gasteiger partial charge in [-0.3, -0.25) is 0 Å². The van der Waals surface area contributed by atoms with Crippen LogP contribution in [0.2, 0.25) is 0 Å². The van der Waals surface area contributed by atoms with E-state index >= 15 is 0 Å². The predicted molar refractivity (Wildman–Crippen MR) is 59.6 cm³/mol. The van der Waals surface area contributed by atoms with Crippen LogP contribution >= 0.6 is 0 Å². The van der Waals surface area contributed by atoms with Crippen LogP contribution in [0.5, 0.6) is 0 Å². The fraction of sp³-hybridized carbons (Fsp3) is 0.167. The summed E-state index contributed by atoms with van der Waals surface area (Å²) in [4.78, 5) is 11.3. The molecule has 0 fully saturated rings. The van der Waals surface area contributed by atoms with Crippen LogP contribution in [0.4, 0.5) is 0 Å². The van der Waals surface area contributed by atoms with Gasteiger partial charge in [0.15, 0.2) is 0 Å². The SMILES string of the molecule is COC(=O)c1ccc(-n2cccn2)c(C)c1. The number of ether oxygens (including phenoxy) is 1. The van der Waals surface area contributed by atoms with Gasteiger partial charge >= 0.3 is 5.97 Å². The third-order valence-electron chi connectivity index (χ3n) is 2.37. The Bertz CT molecular complexity index is 504. The van der Waals surface area contributed by atoms with E-state index in [1.807, 2.05) is 25.3 Å². The van der Waals surface area contributed by atoms with Crippen molar-refractivity contribution >= 4 is 5.97 Å². The van der Waals surface area contributed by atoms with Crippen molar-refractivity contribution in [1.29, 1.82) is 0 Å². The fourth-order valence-corrected chi connectivity index (χ4v) is 1.57. The minimum absolute atomic E-state index is 0.324. The predicted octanol–water partition coefficient (Wildman–Crippen LogP) is 1.97. The lowest BCUT2D eigenvalue weighted by Crippen LogP contribution is -2.04. The molecule has 2 aromatic rings. The van der Waals surface area contributed by atoms with Gasteiger partial charge in [-0.05, 0) is 36.8 Å². The van der Waals surface area contributed by atoms with Crippen LogP contribution in [0.3, 0.4) is 0 Å². The number of nitrogens with zero attached hydrogens (tertiary/aromatic N) is 2. The number of hydrogen-bond acceptors (Lipinski definition) is 3. The highest BCUT2D eigenvalue weighted by Gasteiger charge is 2.08. The second-order valence-electron chi connectivity index (χ2n) is 3.44. The second kappa shape index (κ2) is 4.18. The number of aryl methyl sites for hydroxylation is 1. The molecule has 0 aliphatic carbocycles. The standard InChI is InChI=1S/C12H12N2O2/c1-9-8-10(12(15)16-2)4-5-11(9)14-7-3-6-13-14/h3-8H,1-2H3. The molecule has 0 atom stereocenters. The van der Waals surface area contributed by atoms with E-state index in [1.54, 1.807) is 23.0 Å². The average Bonchev–Trinajstić information content (AvgIpc) is 2.81. The Labute approximate surface area is 93.5 Å². The van der Waals surface area contributed by atoms with Crippen molar-refractivity contribution in [3.05, 3.63) is 47.8 Å². The topological polar surface area (TPSA) is 44.1 Å². The zero-order valence-corrected chi connectivity index (χ0v) is 9.18. The summed E-state index contributed by atoms with van der Waals surface area (Å²) in [5, 5.41) is 4.14. The van der Waals surface area contributed by atoms with Gasteiger partial charge in [-0.15, -0.1) is 0 Å². The number of benzene rings is 1. The quantitative estimate of drug-likeness (QED) is 0.721. The maximum atomic E-state index is 11.3. The van der Waals surface area contributed by atoms with E-state index in [4.69, 9.17) is 0 Å². The van der Waals surface area contributed by atoms with E-state index in [2.05, 4.69) is 9.84 Å². The third kappa shape index (κ3) is 1.82. The van der Waals surface area contributed by atoms with E-state index < -0.39 is 0 Å². The Morgan fingerprint density at radius 2 is 2.25 bits per heavy atom. The zero-order chi connectivity index (χ0) is 11.5. The molecule has 0 aliphatic rings. The van der Waals surface area contributed by atoms with Crippen molar-refractivity contribution in [2.24, 2.45) is 0 Å². The summed E-state index contributed by atoms with van der Waals surface area (Å²) in [6.07, 6.45) is 3.58. The monoisotopic (exact) mass is 216 g/mol. The number of esters is 1. The summed E-state index contributed by atoms with van der Waals surface area (Å²) in [7, 11) is 1.37. The van der Waals surface area contributed by atoms with Crippen LogP contribution in [0, 0.1) is 6.92 Å². The zero-order valence-electron chi connectivity index (χ0n) is 9.18. The van der Waals surface area contributed by atoms with Gasteiger partial charge in [-0.25, -0.2) is 9.48 Å². The van der Waals surface area contributed by atoms with E-state index in [0.29, 0.717) is 5.56 Å². The van der Waals surface area contributed by atoms with E-state index in [1.165, 1.54) is 7.11 Å². The fourth-order valence-electron chi connectivity index (χ4n) is 1.57. The molecule has 0 saturated carbocycles. The molecule has 82 valence electrons. The van der Waals surface area contributed by atoms with Gasteiger partial charge in [0.05, 0.1) is 18.4 Å². The Balaban J connectivity index is 2.41. The number of methoxy groups -OCH3 is 1. The molecule has 2 rings (SSSR count). The van der Waals surface area contributed by atoms with Crippen LogP contribution < -0.4 is 0 Å². The first-order chi connectivity index (χ1) is 7.72. The minimum Gasteiger partial charge on any atom is -0.465 e. The molecular weight excluding hydrogens is 204 g/mol. The van der Waals surface area contributed by atoms with Gasteiger partial charge in [0, 0.05) is 12.4 Å². The molecule has 0 radical (unpaired) electrons. The molecule has 0 saturated heterocycles. The van der Waals surface area contributed by atoms with Gasteiger partial charge in [0.1, 0.15) is 0 Å². The highest BCUT2D eigenvalue weighted by Crippen LogP contribution is 2.15. The van der Waals surface area contributed by atoms with Crippen LogP contribution in [0.25, 0.3) is 5.69 Å². The molecule has 0 spiro atoms. The molecule has 0 amide bonds. The first-order valence-corrected chi connectivity index (χ1v) is 4.91. The van der Waals surface area contributed by atoms with E-state index in [9.17, 15) is 4.79 Å². The summed E-state index contributed by atoms with van der Waals surface area (Å²) < 4.78 is 6.42. The molecule has 1 aromatic carbocycles. The largest absolute Gasteiger partial charge is 0.465 e. The summed E-state index contributed by atoms with van der Waals surface area (Å²) in [6, 6.07) is 7.24. The molecule has 4 nitrogen and oxygen atoms in total. The first-order valence-electron chi connectivity index (χ1n) is 4.91. The number of hydrogen-bond donors (Lipinski definition) is 0. The Morgan fingerprint density at radius 3 is 2.81 bits per heavy atom. The lowest BCUT2D eigenvalue weighted by Gasteiger charge is -2.07. The summed E-state index contributed by atoms with van der Waals surface area (Å²) in [5.41, 5.74) is 2.49. The molecule has 0 unspecified atom stereocenters. The third-order valence-corrected chi connectivity index (χ3v) is 2.37. The average molecular weight is 216 g/mol. The molecule has 1 aromatic heterocycles. The summed E-state index contributed by atoms with van der Waals surface area (Å²) in [5.74, 6) is -0.324. The van der Waals surface area contributed by atoms with E-state index in [-0.39, 0.29) is 5.97 Å². The smallest absolute Gasteiger partial charge is 0.337 e. The number of carbonyl (C=O) groups excluding carboxylic acids is 1. The molecule has 1 heterocycles. The Kier molecular flexibility index (Phi) is 2.72. The van der Waals surface area contributed by atoms with Crippen molar-refractivity contribution in [2.75, 3.05) is 7.11 Å². The van der Waals surface area contributed by atoms with Crippen LogP contribution in [-0.2, 0) is 4.74 Å². The lowest BCUT2D eigenvalue weighted by atomic mass is 10.1. The van der Waals surface area contributed by atoms with Gasteiger partial charge < -0.3 is 4.74 Å². The summed E-state index contributed by atoms with van der Waals surface area (Å²) >= 11 is 0. The van der Waals surface area contributed by atoms with Crippen molar-refractivity contribution in [3.8, 4) is 5.69 Å². The molecule has 16 heavy (non-hydrogen) atoms. The second-order valence-corrected chi connectivity index (χ2v) is 3.44. The van der Waals surface area contributed by atoms with Crippen molar-refractivity contribution in [3.63, 3.8) is 0 Å². The maximum absolute atomic E-state index is 11.3. The van der Waals surface area contributed by atoms with Crippen LogP contribution in [-0.4, -0.2) is 22.9 Å². The molecule has 4 heteroatoms. The van der Waals surface area contributed by atoms with Gasteiger partial charge in [0.25, 0.3) is 0 Å². The molecular formula is C12H12N2O2. The molecule has 0 aliphatic heterocycles. The van der Waals surface area contributed by atoms with Gasteiger partial charge in [-0.1, -0.05) is 0 Å². The van der Waals surface area contributed by atoms with Gasteiger partial charge in [0.2, 0.25) is 0 Å². The number of carbonyl (C=O) groups is 1. The van der Waals surface area contributed by atoms with Crippen molar-refractivity contribution in [1.82, 2.24) is 9.78 Å². The summed E-state index contributed by atoms with van der Waals surface area (Å²) in [6.45, 7) is 1.93. The van der Waals surface area contributed by atoms with Crippen LogP contribution in [0.15, 0.2) is 36.7 Å². The maximum Gasteiger partial charge on any atom is 0.337 e. The van der Waals surface area contributed by atoms with Crippen molar-refractivity contribution in [2.45, 2.75) is 6.92 Å². The Morgan fingerprint density at radius 1 is 1.44 bits per heavy atom. The number of rotatable bonds is 2. The van der Waals surface area contributed by atoms with E-state index in [0.717, 1.165) is 11.3 Å². The van der Waals surface area contributed by atoms with Crippen LogP contribution in [0.1, 0.15) is 15.9 Å². The minimum atomic E-state index is -0.324. The normalized spacial score (nSPS) is 10.1. The highest BCUT2D eigenvalue weighted by atomic mass is 16.5. The molecule has 0 N–H and O–H groups in total. The lowest BCUT2D eigenvalue weighted by molar-refractivity contribution is 0.0600. The first kappa shape index (κ1) is 10.4. The number of aromatic nitrogens is 2. The van der Waals surface area contributed by atoms with Gasteiger partial charge in [-0.2, -0.15) is 5.10 Å². The van der Waals surface area contributed by atoms with Crippen molar-refractivity contribution < 1.29 is 9.53 Å². The highest BCUT2D eigenvalue weighted by molar-refractivity contribution is 5.89. The molecule has 0 bridgehead atoms.